The molecule has 21 heavy (non-hydrogen) atoms. The average molecular weight is 295 g/mol. The van der Waals surface area contributed by atoms with Crippen LogP contribution in [0.1, 0.15) is 12.1 Å². The molecular formula is C12H17N5O4. The van der Waals surface area contributed by atoms with E-state index in [1.165, 1.54) is 17.4 Å². The van der Waals surface area contributed by atoms with Gasteiger partial charge >= 0.3 is 12.0 Å². The molecule has 114 valence electrons. The normalized spacial score (nSPS) is 16.8. The number of imidazole rings is 1. The Morgan fingerprint density at radius 1 is 1.52 bits per heavy atom. The quantitative estimate of drug-likeness (QED) is 0.563. The Labute approximate surface area is 120 Å². The second kappa shape index (κ2) is 6.73. The zero-order valence-corrected chi connectivity index (χ0v) is 11.3. The van der Waals surface area contributed by atoms with E-state index in [0.29, 0.717) is 25.2 Å². The number of nitrogens with one attached hydrogen (secondary N) is 3. The molecule has 0 aromatic carbocycles. The number of hydrogen-bond acceptors (Lipinski definition) is 4. The number of aromatic amines is 1. The number of rotatable bonds is 4. The zero-order valence-electron chi connectivity index (χ0n) is 11.3. The van der Waals surface area contributed by atoms with E-state index in [1.807, 2.05) is 0 Å². The number of aliphatic carboxylic acids is 1. The van der Waals surface area contributed by atoms with Gasteiger partial charge in [0.2, 0.25) is 5.91 Å². The van der Waals surface area contributed by atoms with E-state index in [2.05, 4.69) is 20.6 Å². The third kappa shape index (κ3) is 4.20. The summed E-state index contributed by atoms with van der Waals surface area (Å²) in [5.74, 6) is -1.39. The molecule has 2 rings (SSSR count). The highest BCUT2D eigenvalue weighted by Gasteiger charge is 2.25. The lowest BCUT2D eigenvalue weighted by molar-refractivity contribution is -0.139. The van der Waals surface area contributed by atoms with Gasteiger partial charge in [0.1, 0.15) is 12.6 Å². The van der Waals surface area contributed by atoms with E-state index in [-0.39, 0.29) is 18.9 Å². The van der Waals surface area contributed by atoms with E-state index in [9.17, 15) is 19.5 Å². The fourth-order valence-corrected chi connectivity index (χ4v) is 2.04. The van der Waals surface area contributed by atoms with Crippen LogP contribution in [0.5, 0.6) is 0 Å². The lowest BCUT2D eigenvalue weighted by atomic mass is 10.1. The molecule has 1 aliphatic heterocycles. The van der Waals surface area contributed by atoms with Gasteiger partial charge < -0.3 is 25.6 Å². The minimum atomic E-state index is -1.14. The molecule has 1 fully saturated rings. The zero-order chi connectivity index (χ0) is 15.2. The standard InChI is InChI=1S/C12H17N5O4/c18-10-6-17(3-1-2-14-10)12(21)16-9(11(19)20)4-8-5-13-7-15-8/h5,7,9H,1-4,6H2,(H,13,15)(H,14,18)(H,16,21)(H,19,20). The Hall–Kier alpha value is -2.58. The van der Waals surface area contributed by atoms with Gasteiger partial charge in [-0.2, -0.15) is 0 Å². The maximum absolute atomic E-state index is 12.1. The Morgan fingerprint density at radius 3 is 3.00 bits per heavy atom. The minimum absolute atomic E-state index is 0.0672. The number of carbonyl (C=O) groups is 3. The predicted octanol–water partition coefficient (Wildman–Crippen LogP) is -1.06. The molecule has 1 aliphatic rings. The van der Waals surface area contributed by atoms with Crippen molar-refractivity contribution in [3.05, 3.63) is 18.2 Å². The van der Waals surface area contributed by atoms with Gasteiger partial charge in [-0.05, 0) is 6.42 Å². The van der Waals surface area contributed by atoms with Crippen molar-refractivity contribution in [1.29, 1.82) is 0 Å². The molecule has 9 heteroatoms. The molecule has 0 saturated carbocycles. The number of hydrogen-bond donors (Lipinski definition) is 4. The largest absolute Gasteiger partial charge is 0.480 e. The van der Waals surface area contributed by atoms with Crippen molar-refractivity contribution in [1.82, 2.24) is 25.5 Å². The maximum Gasteiger partial charge on any atom is 0.326 e. The summed E-state index contributed by atoms with van der Waals surface area (Å²) in [6.07, 6.45) is 3.68. The van der Waals surface area contributed by atoms with Crippen LogP contribution in [0.3, 0.4) is 0 Å². The topological polar surface area (TPSA) is 127 Å². The molecule has 0 radical (unpaired) electrons. The van der Waals surface area contributed by atoms with Crippen molar-refractivity contribution in [3.63, 3.8) is 0 Å². The Balaban J connectivity index is 1.97. The van der Waals surface area contributed by atoms with Crippen molar-refractivity contribution in [3.8, 4) is 0 Å². The molecular weight excluding hydrogens is 278 g/mol. The first-order chi connectivity index (χ1) is 10.1. The van der Waals surface area contributed by atoms with Crippen LogP contribution in [0.15, 0.2) is 12.5 Å². The van der Waals surface area contributed by atoms with Crippen LogP contribution in [0, 0.1) is 0 Å². The van der Waals surface area contributed by atoms with Crippen molar-refractivity contribution >= 4 is 17.9 Å². The van der Waals surface area contributed by atoms with E-state index >= 15 is 0 Å². The highest BCUT2D eigenvalue weighted by atomic mass is 16.4. The van der Waals surface area contributed by atoms with Crippen LogP contribution in [0.25, 0.3) is 0 Å². The number of amides is 3. The van der Waals surface area contributed by atoms with Gasteiger partial charge in [-0.1, -0.05) is 0 Å². The molecule has 0 aliphatic carbocycles. The molecule has 9 nitrogen and oxygen atoms in total. The van der Waals surface area contributed by atoms with Crippen LogP contribution in [-0.2, 0) is 16.0 Å². The predicted molar refractivity (Wildman–Crippen MR) is 71.4 cm³/mol. The number of H-pyrrole nitrogens is 1. The number of carboxylic acid groups (broad SMARTS) is 1. The number of aromatic nitrogens is 2. The fourth-order valence-electron chi connectivity index (χ4n) is 2.04. The second-order valence-electron chi connectivity index (χ2n) is 4.75. The van der Waals surface area contributed by atoms with Crippen LogP contribution in [0.4, 0.5) is 4.79 Å². The first-order valence-electron chi connectivity index (χ1n) is 6.58. The molecule has 1 atom stereocenters. The monoisotopic (exact) mass is 295 g/mol. The summed E-state index contributed by atoms with van der Waals surface area (Å²) >= 11 is 0. The highest BCUT2D eigenvalue weighted by molar-refractivity contribution is 5.87. The molecule has 3 amide bonds. The van der Waals surface area contributed by atoms with Gasteiger partial charge in [0.05, 0.1) is 6.33 Å². The fraction of sp³-hybridized carbons (Fsp3) is 0.500. The second-order valence-corrected chi connectivity index (χ2v) is 4.75. The summed E-state index contributed by atoms with van der Waals surface area (Å²) in [6, 6.07) is -1.64. The van der Waals surface area contributed by atoms with Crippen LogP contribution in [-0.4, -0.2) is 63.6 Å². The van der Waals surface area contributed by atoms with Gasteiger partial charge in [0, 0.05) is 31.4 Å². The number of nitrogens with zero attached hydrogens (tertiary/aromatic N) is 2. The van der Waals surface area contributed by atoms with Crippen LogP contribution in [0.2, 0.25) is 0 Å². The maximum atomic E-state index is 12.1. The number of urea groups is 1. The molecule has 2 heterocycles. The third-order valence-corrected chi connectivity index (χ3v) is 3.12. The summed E-state index contributed by atoms with van der Waals surface area (Å²) in [6.45, 7) is 0.850. The summed E-state index contributed by atoms with van der Waals surface area (Å²) < 4.78 is 0. The third-order valence-electron chi connectivity index (χ3n) is 3.12. The molecule has 1 saturated heterocycles. The van der Waals surface area contributed by atoms with Gasteiger partial charge in [0.25, 0.3) is 0 Å². The number of carbonyl (C=O) groups excluding carboxylic acids is 2. The van der Waals surface area contributed by atoms with Crippen molar-refractivity contribution in [2.45, 2.75) is 18.9 Å². The molecule has 0 bridgehead atoms. The Bertz CT molecular complexity index is 516. The van der Waals surface area contributed by atoms with Gasteiger partial charge in [-0.25, -0.2) is 14.6 Å². The van der Waals surface area contributed by atoms with Gasteiger partial charge in [0.15, 0.2) is 0 Å². The first-order valence-corrected chi connectivity index (χ1v) is 6.58. The van der Waals surface area contributed by atoms with Gasteiger partial charge in [-0.15, -0.1) is 0 Å². The molecule has 1 aromatic heterocycles. The van der Waals surface area contributed by atoms with Crippen LogP contribution < -0.4 is 10.6 Å². The number of carboxylic acids is 1. The van der Waals surface area contributed by atoms with Crippen molar-refractivity contribution in [2.24, 2.45) is 0 Å². The SMILES string of the molecule is O=C1CN(C(=O)NC(Cc2cnc[nH]2)C(=O)O)CCCN1. The smallest absolute Gasteiger partial charge is 0.326 e. The van der Waals surface area contributed by atoms with Crippen molar-refractivity contribution < 1.29 is 19.5 Å². The Morgan fingerprint density at radius 2 is 2.33 bits per heavy atom. The lowest BCUT2D eigenvalue weighted by Gasteiger charge is -2.22. The van der Waals surface area contributed by atoms with Crippen molar-refractivity contribution in [2.75, 3.05) is 19.6 Å². The van der Waals surface area contributed by atoms with E-state index < -0.39 is 18.0 Å². The van der Waals surface area contributed by atoms with Crippen LogP contribution >= 0.6 is 0 Å². The summed E-state index contributed by atoms with van der Waals surface area (Å²) in [5.41, 5.74) is 0.608. The summed E-state index contributed by atoms with van der Waals surface area (Å²) in [7, 11) is 0. The summed E-state index contributed by atoms with van der Waals surface area (Å²) in [4.78, 5) is 42.6. The van der Waals surface area contributed by atoms with E-state index in [4.69, 9.17) is 0 Å². The van der Waals surface area contributed by atoms with Gasteiger partial charge in [-0.3, -0.25) is 4.79 Å². The Kier molecular flexibility index (Phi) is 4.75. The average Bonchev–Trinajstić information content (AvgIpc) is 2.84. The first kappa shape index (κ1) is 14.8. The lowest BCUT2D eigenvalue weighted by Crippen LogP contribution is -2.50. The molecule has 4 N–H and O–H groups in total. The van der Waals surface area contributed by atoms with E-state index in [1.54, 1.807) is 0 Å². The molecule has 1 aromatic rings. The minimum Gasteiger partial charge on any atom is -0.480 e. The highest BCUT2D eigenvalue weighted by Crippen LogP contribution is 2.02. The molecule has 0 spiro atoms. The molecule has 1 unspecified atom stereocenters. The van der Waals surface area contributed by atoms with E-state index in [0.717, 1.165) is 0 Å². The summed E-state index contributed by atoms with van der Waals surface area (Å²) in [5, 5.41) is 14.3.